The smallest absolute Gasteiger partial charge is 0.235 e. The molecule has 0 aliphatic carbocycles. The normalized spacial score (nSPS) is 11.2. The Bertz CT molecular complexity index is 474. The van der Waals surface area contributed by atoms with Crippen LogP contribution in [0, 0.1) is 0 Å². The number of sulfonamides is 1. The van der Waals surface area contributed by atoms with Crippen LogP contribution in [0.3, 0.4) is 0 Å². The quantitative estimate of drug-likeness (QED) is 0.732. The van der Waals surface area contributed by atoms with Gasteiger partial charge < -0.3 is 5.32 Å². The largest absolute Gasteiger partial charge is 0.351 e. The summed E-state index contributed by atoms with van der Waals surface area (Å²) in [5.74, 6) is -0.332. The summed E-state index contributed by atoms with van der Waals surface area (Å²) in [5.41, 5.74) is 0.863. The molecule has 1 rings (SSSR count). The zero-order chi connectivity index (χ0) is 13.4. The lowest BCUT2D eigenvalue weighted by Crippen LogP contribution is -2.37. The Morgan fingerprint density at radius 1 is 1.44 bits per heavy atom. The molecule has 0 radical (unpaired) electrons. The number of pyridine rings is 1. The van der Waals surface area contributed by atoms with Crippen LogP contribution in [0.5, 0.6) is 0 Å². The number of hydrogen-bond acceptors (Lipinski definition) is 4. The molecule has 0 atom stereocenters. The Balaban J connectivity index is 2.31. The topological polar surface area (TPSA) is 88.2 Å². The van der Waals surface area contributed by atoms with Crippen molar-refractivity contribution in [2.75, 3.05) is 12.3 Å². The van der Waals surface area contributed by atoms with Crippen LogP contribution < -0.4 is 10.0 Å². The van der Waals surface area contributed by atoms with Gasteiger partial charge in [0.1, 0.15) is 0 Å². The highest BCUT2D eigenvalue weighted by molar-refractivity contribution is 7.89. The first-order valence-corrected chi connectivity index (χ1v) is 7.31. The maximum Gasteiger partial charge on any atom is 0.235 e. The summed E-state index contributed by atoms with van der Waals surface area (Å²) in [4.78, 5) is 15.3. The summed E-state index contributed by atoms with van der Waals surface area (Å²) in [6.07, 6.45) is 3.80. The number of carbonyl (C=O) groups is 1. The van der Waals surface area contributed by atoms with Crippen LogP contribution in [-0.2, 0) is 21.4 Å². The van der Waals surface area contributed by atoms with Gasteiger partial charge in [0, 0.05) is 18.9 Å². The van der Waals surface area contributed by atoms with Crippen molar-refractivity contribution < 1.29 is 13.2 Å². The summed E-state index contributed by atoms with van der Waals surface area (Å²) >= 11 is 0. The fourth-order valence-electron chi connectivity index (χ4n) is 1.28. The molecule has 0 saturated carbocycles. The maximum absolute atomic E-state index is 11.4. The SMILES string of the molecule is CCCS(=O)(=O)NCC(=O)NCc1cccnc1. The molecule has 1 amide bonds. The predicted molar refractivity (Wildman–Crippen MR) is 68.2 cm³/mol. The molecule has 0 unspecified atom stereocenters. The van der Waals surface area contributed by atoms with E-state index in [1.54, 1.807) is 25.4 Å². The monoisotopic (exact) mass is 271 g/mol. The molecule has 0 aliphatic heterocycles. The van der Waals surface area contributed by atoms with Gasteiger partial charge in [-0.25, -0.2) is 13.1 Å². The van der Waals surface area contributed by atoms with E-state index in [-0.39, 0.29) is 18.2 Å². The lowest BCUT2D eigenvalue weighted by molar-refractivity contribution is -0.120. The lowest BCUT2D eigenvalue weighted by Gasteiger charge is -2.06. The molecule has 0 fully saturated rings. The van der Waals surface area contributed by atoms with E-state index in [0.29, 0.717) is 13.0 Å². The molecule has 0 spiro atoms. The van der Waals surface area contributed by atoms with Crippen LogP contribution in [-0.4, -0.2) is 31.6 Å². The highest BCUT2D eigenvalue weighted by Gasteiger charge is 2.10. The van der Waals surface area contributed by atoms with Crippen molar-refractivity contribution in [1.82, 2.24) is 15.0 Å². The van der Waals surface area contributed by atoms with E-state index in [4.69, 9.17) is 0 Å². The summed E-state index contributed by atoms with van der Waals surface area (Å²) < 4.78 is 24.9. The number of aromatic nitrogens is 1. The molecular formula is C11H17N3O3S. The standard InChI is InChI=1S/C11H17N3O3S/c1-2-6-18(16,17)14-9-11(15)13-8-10-4-3-5-12-7-10/h3-5,7,14H,2,6,8-9H2,1H3,(H,13,15). The molecule has 7 heteroatoms. The summed E-state index contributed by atoms with van der Waals surface area (Å²) in [7, 11) is -3.33. The van der Waals surface area contributed by atoms with E-state index in [0.717, 1.165) is 5.56 Å². The van der Waals surface area contributed by atoms with Gasteiger partial charge in [-0.3, -0.25) is 9.78 Å². The molecule has 1 aromatic heterocycles. The average molecular weight is 271 g/mol. The Hall–Kier alpha value is -1.47. The molecule has 0 aromatic carbocycles. The molecule has 0 saturated heterocycles. The molecule has 1 heterocycles. The van der Waals surface area contributed by atoms with Crippen LogP contribution in [0.25, 0.3) is 0 Å². The molecule has 1 aromatic rings. The van der Waals surface area contributed by atoms with Crippen molar-refractivity contribution >= 4 is 15.9 Å². The fraction of sp³-hybridized carbons (Fsp3) is 0.455. The van der Waals surface area contributed by atoms with Gasteiger partial charge in [0.05, 0.1) is 12.3 Å². The summed E-state index contributed by atoms with van der Waals surface area (Å²) in [5, 5.41) is 2.61. The Labute approximate surface area is 107 Å². The molecule has 6 nitrogen and oxygen atoms in total. The van der Waals surface area contributed by atoms with Crippen molar-refractivity contribution in [2.24, 2.45) is 0 Å². The lowest BCUT2D eigenvalue weighted by atomic mass is 10.3. The maximum atomic E-state index is 11.4. The van der Waals surface area contributed by atoms with Crippen molar-refractivity contribution in [3.63, 3.8) is 0 Å². The van der Waals surface area contributed by atoms with Crippen LogP contribution >= 0.6 is 0 Å². The van der Waals surface area contributed by atoms with Gasteiger partial charge in [0.25, 0.3) is 0 Å². The summed E-state index contributed by atoms with van der Waals surface area (Å²) in [6, 6.07) is 3.60. The summed E-state index contributed by atoms with van der Waals surface area (Å²) in [6.45, 7) is 1.87. The van der Waals surface area contributed by atoms with Crippen LogP contribution in [0.15, 0.2) is 24.5 Å². The minimum Gasteiger partial charge on any atom is -0.351 e. The predicted octanol–water partition coefficient (Wildman–Crippen LogP) is 0.0272. The Morgan fingerprint density at radius 3 is 2.83 bits per heavy atom. The highest BCUT2D eigenvalue weighted by atomic mass is 32.2. The second-order valence-corrected chi connectivity index (χ2v) is 5.70. The fourth-order valence-corrected chi connectivity index (χ4v) is 2.32. The zero-order valence-electron chi connectivity index (χ0n) is 10.2. The second kappa shape index (κ2) is 7.07. The van der Waals surface area contributed by atoms with Gasteiger partial charge in [-0.1, -0.05) is 13.0 Å². The third-order valence-corrected chi connectivity index (χ3v) is 3.67. The van der Waals surface area contributed by atoms with Crippen molar-refractivity contribution in [3.05, 3.63) is 30.1 Å². The zero-order valence-corrected chi connectivity index (χ0v) is 11.0. The molecule has 2 N–H and O–H groups in total. The first kappa shape index (κ1) is 14.6. The number of hydrogen-bond donors (Lipinski definition) is 2. The minimum atomic E-state index is -3.33. The average Bonchev–Trinajstić information content (AvgIpc) is 2.35. The van der Waals surface area contributed by atoms with E-state index < -0.39 is 10.0 Å². The van der Waals surface area contributed by atoms with Gasteiger partial charge in [-0.05, 0) is 18.1 Å². The first-order chi connectivity index (χ1) is 8.53. The first-order valence-electron chi connectivity index (χ1n) is 5.66. The van der Waals surface area contributed by atoms with Gasteiger partial charge in [0.15, 0.2) is 0 Å². The van der Waals surface area contributed by atoms with Crippen LogP contribution in [0.4, 0.5) is 0 Å². The van der Waals surface area contributed by atoms with E-state index in [9.17, 15) is 13.2 Å². The van der Waals surface area contributed by atoms with E-state index in [1.807, 2.05) is 6.07 Å². The number of rotatable bonds is 7. The third kappa shape index (κ3) is 5.74. The van der Waals surface area contributed by atoms with Crippen molar-refractivity contribution in [3.8, 4) is 0 Å². The third-order valence-electron chi connectivity index (χ3n) is 2.14. The van der Waals surface area contributed by atoms with Crippen molar-refractivity contribution in [2.45, 2.75) is 19.9 Å². The van der Waals surface area contributed by atoms with Gasteiger partial charge in [-0.2, -0.15) is 0 Å². The van der Waals surface area contributed by atoms with Gasteiger partial charge in [-0.15, -0.1) is 0 Å². The van der Waals surface area contributed by atoms with E-state index in [1.165, 1.54) is 0 Å². The second-order valence-electron chi connectivity index (χ2n) is 3.78. The Kier molecular flexibility index (Phi) is 5.73. The molecule has 0 aliphatic rings. The van der Waals surface area contributed by atoms with Gasteiger partial charge >= 0.3 is 0 Å². The van der Waals surface area contributed by atoms with Crippen molar-refractivity contribution in [1.29, 1.82) is 0 Å². The number of nitrogens with zero attached hydrogens (tertiary/aromatic N) is 1. The highest BCUT2D eigenvalue weighted by Crippen LogP contribution is 1.94. The molecule has 18 heavy (non-hydrogen) atoms. The minimum absolute atomic E-state index is 0.0306. The number of amides is 1. The molecular weight excluding hydrogens is 254 g/mol. The van der Waals surface area contributed by atoms with E-state index in [2.05, 4.69) is 15.0 Å². The Morgan fingerprint density at radius 2 is 2.22 bits per heavy atom. The van der Waals surface area contributed by atoms with Gasteiger partial charge in [0.2, 0.25) is 15.9 Å². The molecule has 100 valence electrons. The van der Waals surface area contributed by atoms with E-state index >= 15 is 0 Å². The molecule has 0 bridgehead atoms. The number of nitrogens with one attached hydrogen (secondary N) is 2. The number of carbonyl (C=O) groups excluding carboxylic acids is 1. The van der Waals surface area contributed by atoms with Crippen LogP contribution in [0.2, 0.25) is 0 Å². The van der Waals surface area contributed by atoms with Crippen LogP contribution in [0.1, 0.15) is 18.9 Å².